The number of carbonyl (C=O) groups excluding carboxylic acids is 3. The maximum Gasteiger partial charge on any atom is 0.239 e. The predicted molar refractivity (Wildman–Crippen MR) is 143 cm³/mol. The molecule has 3 aromatic rings. The molecule has 0 unspecified atom stereocenters. The number of hydrogen-bond donors (Lipinski definition) is 0. The highest BCUT2D eigenvalue weighted by atomic mass is 16.5. The van der Waals surface area contributed by atoms with E-state index in [0.717, 1.165) is 22.3 Å². The summed E-state index contributed by atoms with van der Waals surface area (Å²) in [6.07, 6.45) is 1.21. The van der Waals surface area contributed by atoms with Crippen LogP contribution in [0.2, 0.25) is 0 Å². The number of amides is 2. The highest BCUT2D eigenvalue weighted by molar-refractivity contribution is 6.34. The topological polar surface area (TPSA) is 63.7 Å². The third kappa shape index (κ3) is 2.83. The molecule has 3 aromatic carbocycles. The molecule has 2 amide bonds. The van der Waals surface area contributed by atoms with Crippen molar-refractivity contribution in [2.75, 3.05) is 12.0 Å². The minimum Gasteiger partial charge on any atom is -0.495 e. The molecule has 1 saturated carbocycles. The van der Waals surface area contributed by atoms with Gasteiger partial charge in [-0.1, -0.05) is 86.1 Å². The predicted octanol–water partition coefficient (Wildman–Crippen LogP) is 5.80. The van der Waals surface area contributed by atoms with Crippen molar-refractivity contribution < 1.29 is 19.1 Å². The van der Waals surface area contributed by atoms with Gasteiger partial charge in [0, 0.05) is 0 Å². The van der Waals surface area contributed by atoms with Crippen LogP contribution in [-0.4, -0.2) is 24.7 Å². The fourth-order valence-electron chi connectivity index (χ4n) is 7.41. The zero-order valence-corrected chi connectivity index (χ0v) is 21.2. The number of carbonyl (C=O) groups is 3. The van der Waals surface area contributed by atoms with E-state index in [1.807, 2.05) is 80.6 Å². The molecule has 4 atom stereocenters. The molecule has 3 aliphatic rings. The number of nitrogens with zero attached hydrogens (tertiary/aromatic N) is 1. The molecule has 37 heavy (non-hydrogen) atoms. The number of Topliss-reactive ketones (excluding diaryl/α,β-unsaturated/α-hetero) is 1. The van der Waals surface area contributed by atoms with Crippen molar-refractivity contribution in [3.8, 4) is 5.75 Å². The van der Waals surface area contributed by atoms with Gasteiger partial charge in [0.1, 0.15) is 5.75 Å². The Morgan fingerprint density at radius 3 is 1.89 bits per heavy atom. The highest BCUT2D eigenvalue weighted by Gasteiger charge is 2.80. The van der Waals surface area contributed by atoms with Gasteiger partial charge in [-0.15, -0.1) is 0 Å². The van der Waals surface area contributed by atoms with Crippen LogP contribution in [0.25, 0.3) is 11.1 Å². The van der Waals surface area contributed by atoms with Crippen molar-refractivity contribution in [1.82, 2.24) is 0 Å². The van der Waals surface area contributed by atoms with Crippen LogP contribution in [0.1, 0.15) is 37.8 Å². The molecule has 1 heterocycles. The van der Waals surface area contributed by atoms with E-state index in [-0.39, 0.29) is 17.6 Å². The Labute approximate surface area is 216 Å². The zero-order chi connectivity index (χ0) is 25.9. The summed E-state index contributed by atoms with van der Waals surface area (Å²) in [5.41, 5.74) is 1.85. The number of methoxy groups -OCH3 is 1. The zero-order valence-electron chi connectivity index (χ0n) is 21.2. The van der Waals surface area contributed by atoms with Crippen LogP contribution in [0.3, 0.4) is 0 Å². The summed E-state index contributed by atoms with van der Waals surface area (Å²) in [6.45, 7) is 3.93. The molecule has 2 aliphatic carbocycles. The first kappa shape index (κ1) is 23.4. The largest absolute Gasteiger partial charge is 0.495 e. The van der Waals surface area contributed by atoms with Crippen molar-refractivity contribution in [2.24, 2.45) is 22.7 Å². The fourth-order valence-corrected chi connectivity index (χ4v) is 7.41. The van der Waals surface area contributed by atoms with Gasteiger partial charge in [-0.2, -0.15) is 0 Å². The summed E-state index contributed by atoms with van der Waals surface area (Å²) in [6, 6.07) is 26.9. The maximum absolute atomic E-state index is 14.7. The number of ketones is 1. The van der Waals surface area contributed by atoms with Crippen LogP contribution < -0.4 is 9.64 Å². The molecule has 2 bridgehead atoms. The molecule has 1 aliphatic heterocycles. The summed E-state index contributed by atoms with van der Waals surface area (Å²) in [4.78, 5) is 44.5. The molecule has 0 N–H and O–H groups in total. The minimum atomic E-state index is -1.13. The van der Waals surface area contributed by atoms with Gasteiger partial charge in [0.15, 0.2) is 5.78 Å². The Morgan fingerprint density at radius 1 is 0.757 bits per heavy atom. The summed E-state index contributed by atoms with van der Waals surface area (Å²) < 4.78 is 5.52. The summed E-state index contributed by atoms with van der Waals surface area (Å²) in [5, 5.41) is 0. The van der Waals surface area contributed by atoms with Crippen LogP contribution >= 0.6 is 0 Å². The van der Waals surface area contributed by atoms with Gasteiger partial charge in [0.05, 0.1) is 35.5 Å². The van der Waals surface area contributed by atoms with E-state index < -0.39 is 22.7 Å². The number of hydrogen-bond acceptors (Lipinski definition) is 4. The van der Waals surface area contributed by atoms with Crippen molar-refractivity contribution in [1.29, 1.82) is 0 Å². The third-order valence-electron chi connectivity index (χ3n) is 8.65. The number of rotatable bonds is 6. The van der Waals surface area contributed by atoms with Gasteiger partial charge in [0.25, 0.3) is 0 Å². The molecule has 186 valence electrons. The molecule has 2 fully saturated rings. The third-order valence-corrected chi connectivity index (χ3v) is 8.65. The Kier molecular flexibility index (Phi) is 5.23. The standard InChI is InChI=1S/C32H29NO4/c1-4-19-32-25(21-15-9-6-10-16-21)24(20-13-7-5-8-14-20)31(2,30(32)36)26-27(32)29(35)33(28(26)34)22-17-11-12-18-23(22)37-3/h5-18,26-27H,4,19H2,1-3H3/t26-,27+,31+,32-/m1/s1. The molecule has 5 nitrogen and oxygen atoms in total. The first-order valence-corrected chi connectivity index (χ1v) is 12.8. The fraction of sp³-hybridized carbons (Fsp3) is 0.281. The van der Waals surface area contributed by atoms with Gasteiger partial charge in [-0.05, 0) is 47.8 Å². The van der Waals surface area contributed by atoms with E-state index in [9.17, 15) is 14.4 Å². The first-order chi connectivity index (χ1) is 17.9. The van der Waals surface area contributed by atoms with E-state index in [2.05, 4.69) is 0 Å². The maximum atomic E-state index is 14.7. The molecular weight excluding hydrogens is 462 g/mol. The van der Waals surface area contributed by atoms with E-state index in [1.165, 1.54) is 12.0 Å². The van der Waals surface area contributed by atoms with Gasteiger partial charge < -0.3 is 4.74 Å². The minimum absolute atomic E-state index is 0.00377. The van der Waals surface area contributed by atoms with Crippen molar-refractivity contribution in [2.45, 2.75) is 26.7 Å². The summed E-state index contributed by atoms with van der Waals surface area (Å²) in [7, 11) is 1.53. The lowest BCUT2D eigenvalue weighted by molar-refractivity contribution is -0.134. The van der Waals surface area contributed by atoms with E-state index in [0.29, 0.717) is 24.3 Å². The molecule has 6 rings (SSSR count). The summed E-state index contributed by atoms with van der Waals surface area (Å²) in [5.74, 6) is -1.72. The molecule has 0 spiro atoms. The average Bonchev–Trinajstić information content (AvgIpc) is 3.39. The number of fused-ring (bicyclic) bond motifs is 5. The number of imide groups is 1. The van der Waals surface area contributed by atoms with Gasteiger partial charge in [0.2, 0.25) is 11.8 Å². The highest BCUT2D eigenvalue weighted by Crippen LogP contribution is 2.75. The van der Waals surface area contributed by atoms with Crippen LogP contribution in [-0.2, 0) is 14.4 Å². The number of anilines is 1. The number of para-hydroxylation sites is 2. The molecule has 0 radical (unpaired) electrons. The lowest BCUT2D eigenvalue weighted by Crippen LogP contribution is -2.41. The second-order valence-corrected chi connectivity index (χ2v) is 10.4. The quantitative estimate of drug-likeness (QED) is 0.409. The Morgan fingerprint density at radius 2 is 1.30 bits per heavy atom. The lowest BCUT2D eigenvalue weighted by atomic mass is 9.61. The average molecular weight is 492 g/mol. The Hall–Kier alpha value is -3.99. The van der Waals surface area contributed by atoms with Crippen LogP contribution in [0.15, 0.2) is 84.9 Å². The van der Waals surface area contributed by atoms with Gasteiger partial charge in [-0.3, -0.25) is 14.4 Å². The monoisotopic (exact) mass is 491 g/mol. The Bertz CT molecular complexity index is 1460. The van der Waals surface area contributed by atoms with E-state index >= 15 is 0 Å². The number of ether oxygens (including phenoxy) is 1. The van der Waals surface area contributed by atoms with Crippen molar-refractivity contribution in [3.05, 3.63) is 96.1 Å². The van der Waals surface area contributed by atoms with Crippen LogP contribution in [0.4, 0.5) is 5.69 Å². The van der Waals surface area contributed by atoms with Crippen LogP contribution in [0, 0.1) is 22.7 Å². The van der Waals surface area contributed by atoms with Crippen molar-refractivity contribution >= 4 is 34.4 Å². The first-order valence-electron chi connectivity index (χ1n) is 12.8. The molecule has 0 aromatic heterocycles. The second-order valence-electron chi connectivity index (χ2n) is 10.4. The molecule has 5 heteroatoms. The van der Waals surface area contributed by atoms with E-state index in [4.69, 9.17) is 4.74 Å². The van der Waals surface area contributed by atoms with E-state index in [1.54, 1.807) is 18.2 Å². The lowest BCUT2D eigenvalue weighted by Gasteiger charge is -2.37. The summed E-state index contributed by atoms with van der Waals surface area (Å²) >= 11 is 0. The van der Waals surface area contributed by atoms with Crippen LogP contribution in [0.5, 0.6) is 5.75 Å². The Balaban J connectivity index is 1.66. The number of allylic oxidation sites excluding steroid dienone is 2. The number of benzene rings is 3. The molecular formula is C32H29NO4. The molecule has 1 saturated heterocycles. The normalized spacial score (nSPS) is 28.3. The van der Waals surface area contributed by atoms with Gasteiger partial charge in [-0.25, -0.2) is 4.90 Å². The smallest absolute Gasteiger partial charge is 0.239 e. The SMILES string of the molecule is CCC[C@@]12C(=O)[C@@](C)(C(c3ccccc3)=C1c1ccccc1)[C@H]1C(=O)N(c3ccccc3OC)C(=O)[C@H]12. The van der Waals surface area contributed by atoms with Crippen molar-refractivity contribution in [3.63, 3.8) is 0 Å². The second kappa shape index (κ2) is 8.27. The van der Waals surface area contributed by atoms with Gasteiger partial charge >= 0.3 is 0 Å².